The molecule has 1 aliphatic rings. The van der Waals surface area contributed by atoms with Crippen molar-refractivity contribution in [2.24, 2.45) is 5.92 Å². The molecule has 8 heteroatoms. The molecule has 4 aromatic rings. The van der Waals surface area contributed by atoms with Gasteiger partial charge in [-0.15, -0.1) is 16.4 Å². The molecule has 0 spiro atoms. The average Bonchev–Trinajstić information content (AvgIpc) is 3.44. The zero-order valence-corrected chi connectivity index (χ0v) is 16.5. The number of aromatic hydroxyl groups is 1. The minimum absolute atomic E-state index is 0.0538. The number of thiazole rings is 1. The lowest BCUT2D eigenvalue weighted by molar-refractivity contribution is 0.159. The van der Waals surface area contributed by atoms with Gasteiger partial charge in [0.25, 0.3) is 0 Å². The number of hydrogen-bond acceptors (Lipinski definition) is 7. The summed E-state index contributed by atoms with van der Waals surface area (Å²) in [6.07, 6.45) is 3.97. The molecule has 1 N–H and O–H groups in total. The van der Waals surface area contributed by atoms with E-state index in [1.54, 1.807) is 23.7 Å². The second kappa shape index (κ2) is 6.78. The average molecular weight is 401 g/mol. The number of likely N-dealkylation sites (tertiary alicyclic amines) is 1. The first kappa shape index (κ1) is 17.0. The van der Waals surface area contributed by atoms with Gasteiger partial charge in [-0.25, -0.2) is 0 Å². The van der Waals surface area contributed by atoms with Crippen LogP contribution in [0.1, 0.15) is 35.6 Å². The van der Waals surface area contributed by atoms with Crippen molar-refractivity contribution in [3.05, 3.63) is 45.7 Å². The van der Waals surface area contributed by atoms with E-state index in [2.05, 4.69) is 39.4 Å². The molecule has 1 saturated heterocycles. The number of furan rings is 1. The van der Waals surface area contributed by atoms with E-state index in [0.717, 1.165) is 23.9 Å². The van der Waals surface area contributed by atoms with Crippen molar-refractivity contribution in [3.8, 4) is 17.5 Å². The number of aromatic nitrogens is 3. The fourth-order valence-electron chi connectivity index (χ4n) is 3.65. The van der Waals surface area contributed by atoms with Crippen molar-refractivity contribution < 1.29 is 9.52 Å². The highest BCUT2D eigenvalue weighted by Crippen LogP contribution is 2.42. The van der Waals surface area contributed by atoms with Gasteiger partial charge in [0.05, 0.1) is 17.2 Å². The van der Waals surface area contributed by atoms with E-state index < -0.39 is 0 Å². The number of piperidine rings is 1. The number of nitrogens with zero attached hydrogens (tertiary/aromatic N) is 4. The summed E-state index contributed by atoms with van der Waals surface area (Å²) in [5.41, 5.74) is 0. The fraction of sp³-hybridized carbons (Fsp3) is 0.368. The fourth-order valence-corrected chi connectivity index (χ4v) is 5.70. The van der Waals surface area contributed by atoms with Crippen LogP contribution in [0.15, 0.2) is 40.3 Å². The van der Waals surface area contributed by atoms with Gasteiger partial charge in [0.2, 0.25) is 16.7 Å². The third-order valence-electron chi connectivity index (χ3n) is 5.19. The van der Waals surface area contributed by atoms with Gasteiger partial charge in [-0.05, 0) is 55.4 Å². The molecule has 5 rings (SSSR count). The van der Waals surface area contributed by atoms with Crippen molar-refractivity contribution in [1.29, 1.82) is 0 Å². The van der Waals surface area contributed by atoms with Crippen LogP contribution < -0.4 is 0 Å². The molecule has 1 atom stereocenters. The summed E-state index contributed by atoms with van der Waals surface area (Å²) in [5, 5.41) is 17.5. The Morgan fingerprint density at radius 2 is 2.11 bits per heavy atom. The Morgan fingerprint density at radius 3 is 2.78 bits per heavy atom. The lowest BCUT2D eigenvalue weighted by Gasteiger charge is -2.35. The largest absolute Gasteiger partial charge is 0.492 e. The first-order valence-electron chi connectivity index (χ1n) is 9.10. The Kier molecular flexibility index (Phi) is 4.26. The smallest absolute Gasteiger partial charge is 0.230 e. The molecule has 4 aromatic heterocycles. The Labute approximate surface area is 164 Å². The lowest BCUT2D eigenvalue weighted by Crippen LogP contribution is -2.36. The maximum Gasteiger partial charge on any atom is 0.230 e. The van der Waals surface area contributed by atoms with Gasteiger partial charge in [-0.2, -0.15) is 9.50 Å². The maximum atomic E-state index is 11.0. The monoisotopic (exact) mass is 400 g/mol. The van der Waals surface area contributed by atoms with E-state index in [0.29, 0.717) is 16.5 Å². The van der Waals surface area contributed by atoms with Crippen molar-refractivity contribution in [2.45, 2.75) is 25.8 Å². The minimum Gasteiger partial charge on any atom is -0.492 e. The molecule has 0 aromatic carbocycles. The molecule has 1 fully saturated rings. The number of rotatable bonds is 4. The Hall–Kier alpha value is -2.16. The molecule has 0 radical (unpaired) electrons. The third-order valence-corrected chi connectivity index (χ3v) is 7.18. The van der Waals surface area contributed by atoms with Crippen LogP contribution in [0.4, 0.5) is 0 Å². The van der Waals surface area contributed by atoms with E-state index in [1.165, 1.54) is 33.6 Å². The quantitative estimate of drug-likeness (QED) is 0.541. The molecule has 27 heavy (non-hydrogen) atoms. The van der Waals surface area contributed by atoms with Crippen molar-refractivity contribution >= 4 is 27.6 Å². The van der Waals surface area contributed by atoms with Crippen molar-refractivity contribution in [1.82, 2.24) is 19.5 Å². The highest BCUT2D eigenvalue weighted by molar-refractivity contribution is 7.17. The van der Waals surface area contributed by atoms with Gasteiger partial charge in [0.1, 0.15) is 0 Å². The SMILES string of the molecule is CC1CCN(C(c2cccs2)c2sc3nc(-c4ccco4)nn3c2O)CC1. The van der Waals surface area contributed by atoms with Gasteiger partial charge >= 0.3 is 0 Å². The predicted molar refractivity (Wildman–Crippen MR) is 106 cm³/mol. The molecule has 0 bridgehead atoms. The minimum atomic E-state index is 0.0538. The lowest BCUT2D eigenvalue weighted by atomic mass is 9.97. The van der Waals surface area contributed by atoms with Gasteiger partial charge in [-0.3, -0.25) is 4.90 Å². The Balaban J connectivity index is 1.56. The summed E-state index contributed by atoms with van der Waals surface area (Å²) in [5.74, 6) is 2.04. The van der Waals surface area contributed by atoms with Crippen LogP contribution in [-0.4, -0.2) is 37.7 Å². The first-order chi connectivity index (χ1) is 13.2. The zero-order chi connectivity index (χ0) is 18.4. The van der Waals surface area contributed by atoms with Gasteiger partial charge in [0, 0.05) is 4.88 Å². The molecular weight excluding hydrogens is 380 g/mol. The molecule has 1 unspecified atom stereocenters. The number of fused-ring (bicyclic) bond motifs is 1. The molecule has 6 nitrogen and oxygen atoms in total. The van der Waals surface area contributed by atoms with Crippen molar-refractivity contribution in [3.63, 3.8) is 0 Å². The molecule has 1 aliphatic heterocycles. The molecular formula is C19H20N4O2S2. The third kappa shape index (κ3) is 2.97. The van der Waals surface area contributed by atoms with Crippen LogP contribution >= 0.6 is 22.7 Å². The topological polar surface area (TPSA) is 66.8 Å². The second-order valence-corrected chi connectivity index (χ2v) is 9.02. The molecule has 5 heterocycles. The van der Waals surface area contributed by atoms with Crippen LogP contribution in [0.2, 0.25) is 0 Å². The highest BCUT2D eigenvalue weighted by Gasteiger charge is 2.32. The van der Waals surface area contributed by atoms with E-state index in [4.69, 9.17) is 4.42 Å². The molecule has 0 saturated carbocycles. The highest BCUT2D eigenvalue weighted by atomic mass is 32.1. The molecule has 0 aliphatic carbocycles. The van der Waals surface area contributed by atoms with Crippen LogP contribution in [0.5, 0.6) is 5.88 Å². The Bertz CT molecular complexity index is 1030. The van der Waals surface area contributed by atoms with E-state index >= 15 is 0 Å². The van der Waals surface area contributed by atoms with Crippen LogP contribution in [0, 0.1) is 5.92 Å². The van der Waals surface area contributed by atoms with E-state index in [1.807, 2.05) is 6.07 Å². The number of thiophene rings is 1. The standard InChI is InChI=1S/C19H20N4O2S2/c1-12-6-8-22(9-7-12)15(14-5-3-11-26-14)16-18(24)23-19(27-16)20-17(21-23)13-4-2-10-25-13/h2-5,10-12,15,24H,6-9H2,1H3. The summed E-state index contributed by atoms with van der Waals surface area (Å²) in [6.45, 7) is 4.39. The van der Waals surface area contributed by atoms with E-state index in [-0.39, 0.29) is 11.9 Å². The summed E-state index contributed by atoms with van der Waals surface area (Å²) in [7, 11) is 0. The summed E-state index contributed by atoms with van der Waals surface area (Å²) in [6, 6.07) is 7.90. The Morgan fingerprint density at radius 1 is 1.26 bits per heavy atom. The summed E-state index contributed by atoms with van der Waals surface area (Å²) >= 11 is 3.24. The summed E-state index contributed by atoms with van der Waals surface area (Å²) < 4.78 is 6.91. The normalized spacial score (nSPS) is 17.7. The van der Waals surface area contributed by atoms with E-state index in [9.17, 15) is 5.11 Å². The molecule has 140 valence electrons. The van der Waals surface area contributed by atoms with Crippen LogP contribution in [0.3, 0.4) is 0 Å². The van der Waals surface area contributed by atoms with Gasteiger partial charge < -0.3 is 9.52 Å². The maximum absolute atomic E-state index is 11.0. The van der Waals surface area contributed by atoms with Crippen molar-refractivity contribution in [2.75, 3.05) is 13.1 Å². The van der Waals surface area contributed by atoms with Crippen LogP contribution in [-0.2, 0) is 0 Å². The van der Waals surface area contributed by atoms with Crippen LogP contribution in [0.25, 0.3) is 16.5 Å². The predicted octanol–water partition coefficient (Wildman–Crippen LogP) is 4.64. The summed E-state index contributed by atoms with van der Waals surface area (Å²) in [4.78, 5) is 9.87. The first-order valence-corrected chi connectivity index (χ1v) is 10.8. The van der Waals surface area contributed by atoms with Gasteiger partial charge in [-0.1, -0.05) is 24.3 Å². The number of hydrogen-bond donors (Lipinski definition) is 1. The molecule has 0 amide bonds. The van der Waals surface area contributed by atoms with Gasteiger partial charge in [0.15, 0.2) is 5.76 Å². The second-order valence-electron chi connectivity index (χ2n) is 7.03. The zero-order valence-electron chi connectivity index (χ0n) is 14.9.